The lowest BCUT2D eigenvalue weighted by atomic mass is 9.94. The average molecular weight is 803 g/mol. The van der Waals surface area contributed by atoms with Crippen LogP contribution in [0.4, 0.5) is 36.6 Å². The van der Waals surface area contributed by atoms with Gasteiger partial charge in [0.15, 0.2) is 5.82 Å². The number of fused-ring (bicyclic) bond motifs is 5. The molecule has 8 rings (SSSR count). The number of benzene rings is 2. The third-order valence-corrected chi connectivity index (χ3v) is 10.4. The van der Waals surface area contributed by atoms with Gasteiger partial charge in [-0.15, -0.1) is 0 Å². The fraction of sp³-hybridized carbons (Fsp3) is 0.457. The normalized spacial score (nSPS) is 23.5. The smallest absolute Gasteiger partial charge is 0.475 e. The summed E-state index contributed by atoms with van der Waals surface area (Å²) in [4.78, 5) is 36.5. The molecule has 4 saturated heterocycles. The summed E-state index contributed by atoms with van der Waals surface area (Å²) in [6.07, 6.45) is -3.67. The van der Waals surface area contributed by atoms with Crippen LogP contribution in [0, 0.1) is 5.82 Å². The number of aromatic nitrogens is 3. The Kier molecular flexibility index (Phi) is 11.3. The highest BCUT2D eigenvalue weighted by molar-refractivity contribution is 6.36. The number of ether oxygens (including phenoxy) is 1. The number of aliphatic carboxylic acids is 2. The molecule has 2 unspecified atom stereocenters. The number of carboxylic acid groups (broad SMARTS) is 2. The van der Waals surface area contributed by atoms with Gasteiger partial charge in [0.25, 0.3) is 0 Å². The predicted molar refractivity (Wildman–Crippen MR) is 184 cm³/mol. The maximum Gasteiger partial charge on any atom is 0.490 e. The fourth-order valence-electron chi connectivity index (χ4n) is 7.68. The standard InChI is InChI=1S/C31H32ClFN6O2.2C2HF3O2/c32-24-7-2-5-18-4-1-6-22(25(18)24)27-26(33)28-23(13-34-27)29(38-14-19-8-9-20(15-38)35-19)37-30(36-28)41-21-12-31(17-40)10-3-11-39(31)16-21;2*3-2(4,5)1(6)7/h1-2,4-7,13,19-21,35,40H,3,8-12,14-17H2;2*(H,6,7)/t19-,20+,21?,31?;;. The molecule has 20 heteroatoms. The molecule has 4 atom stereocenters. The Morgan fingerprint density at radius 3 is 2.16 bits per heavy atom. The number of halogens is 8. The molecule has 2 bridgehead atoms. The second-order valence-electron chi connectivity index (χ2n) is 13.7. The van der Waals surface area contributed by atoms with Crippen LogP contribution < -0.4 is 15.0 Å². The summed E-state index contributed by atoms with van der Waals surface area (Å²) in [6, 6.07) is 12.3. The first-order valence-corrected chi connectivity index (χ1v) is 17.5. The number of pyridine rings is 1. The summed E-state index contributed by atoms with van der Waals surface area (Å²) in [5.74, 6) is -5.37. The van der Waals surface area contributed by atoms with Gasteiger partial charge in [-0.25, -0.2) is 14.0 Å². The SMILES string of the molecule is O=C(O)C(F)(F)F.O=C(O)C(F)(F)F.OCC12CCCN1CC(Oc1nc(N3C[C@H]4CC[C@@H](C3)N4)c3cnc(-c4cccc5cccc(Cl)c45)c(F)c3n1)C2. The molecular weight excluding hydrogens is 769 g/mol. The van der Waals surface area contributed by atoms with Gasteiger partial charge in [-0.3, -0.25) is 9.88 Å². The molecule has 0 radical (unpaired) electrons. The van der Waals surface area contributed by atoms with E-state index in [9.17, 15) is 31.4 Å². The molecule has 6 heterocycles. The molecule has 2 aromatic carbocycles. The van der Waals surface area contributed by atoms with E-state index in [2.05, 4.69) is 25.1 Å². The molecule has 4 aliphatic heterocycles. The monoisotopic (exact) mass is 802 g/mol. The lowest BCUT2D eigenvalue weighted by Gasteiger charge is -2.34. The Balaban J connectivity index is 0.000000315. The lowest BCUT2D eigenvalue weighted by Crippen LogP contribution is -2.51. The van der Waals surface area contributed by atoms with E-state index in [1.165, 1.54) is 0 Å². The van der Waals surface area contributed by atoms with Crippen molar-refractivity contribution in [2.24, 2.45) is 0 Å². The second-order valence-corrected chi connectivity index (χ2v) is 14.1. The number of nitrogens with one attached hydrogen (secondary N) is 1. The third kappa shape index (κ3) is 8.48. The zero-order chi connectivity index (χ0) is 39.9. The van der Waals surface area contributed by atoms with E-state index >= 15 is 4.39 Å². The van der Waals surface area contributed by atoms with Crippen LogP contribution >= 0.6 is 11.6 Å². The number of hydrogen-bond acceptors (Lipinski definition) is 10. The van der Waals surface area contributed by atoms with Crippen LogP contribution in [-0.2, 0) is 9.59 Å². The Labute approximate surface area is 312 Å². The van der Waals surface area contributed by atoms with E-state index in [1.54, 1.807) is 6.20 Å². The topological polar surface area (TPSA) is 161 Å². The van der Waals surface area contributed by atoms with Gasteiger partial charge in [0.1, 0.15) is 23.1 Å². The average Bonchev–Trinajstić information content (AvgIpc) is 3.79. The minimum Gasteiger partial charge on any atom is -0.475 e. The molecule has 4 aromatic rings. The molecule has 0 amide bonds. The van der Waals surface area contributed by atoms with Crippen molar-refractivity contribution >= 4 is 51.0 Å². The summed E-state index contributed by atoms with van der Waals surface area (Å²) in [6.45, 7) is 3.33. The number of anilines is 1. The van der Waals surface area contributed by atoms with Crippen molar-refractivity contribution in [3.8, 4) is 17.3 Å². The Morgan fingerprint density at radius 2 is 1.58 bits per heavy atom. The minimum absolute atomic E-state index is 0.109. The van der Waals surface area contributed by atoms with Crippen molar-refractivity contribution in [3.63, 3.8) is 0 Å². The summed E-state index contributed by atoms with van der Waals surface area (Å²) in [7, 11) is 0. The van der Waals surface area contributed by atoms with Crippen LogP contribution in [-0.4, -0.2) is 116 Å². The van der Waals surface area contributed by atoms with Crippen LogP contribution in [0.15, 0.2) is 42.6 Å². The van der Waals surface area contributed by atoms with Gasteiger partial charge in [0.2, 0.25) is 0 Å². The molecule has 4 aliphatic rings. The quantitative estimate of drug-likeness (QED) is 0.179. The third-order valence-electron chi connectivity index (χ3n) is 10.1. The Hall–Kier alpha value is -4.59. The predicted octanol–water partition coefficient (Wildman–Crippen LogP) is 5.82. The lowest BCUT2D eigenvalue weighted by molar-refractivity contribution is -0.193. The van der Waals surface area contributed by atoms with Gasteiger partial charge in [0, 0.05) is 65.8 Å². The number of alkyl halides is 6. The summed E-state index contributed by atoms with van der Waals surface area (Å²) < 4.78 is 86.5. The van der Waals surface area contributed by atoms with E-state index in [0.717, 1.165) is 56.1 Å². The van der Waals surface area contributed by atoms with Crippen LogP contribution in [0.25, 0.3) is 32.9 Å². The first kappa shape index (κ1) is 40.1. The first-order valence-electron chi connectivity index (χ1n) is 17.1. The van der Waals surface area contributed by atoms with Gasteiger partial charge in [-0.05, 0) is 43.7 Å². The number of hydrogen-bond donors (Lipinski definition) is 4. The van der Waals surface area contributed by atoms with Crippen LogP contribution in [0.5, 0.6) is 6.01 Å². The van der Waals surface area contributed by atoms with Crippen molar-refractivity contribution in [2.75, 3.05) is 37.7 Å². The summed E-state index contributed by atoms with van der Waals surface area (Å²) in [5.41, 5.74) is 0.780. The molecule has 55 heavy (non-hydrogen) atoms. The Morgan fingerprint density at radius 1 is 0.964 bits per heavy atom. The maximum absolute atomic E-state index is 16.6. The number of rotatable bonds is 5. The number of carboxylic acids is 2. The van der Waals surface area contributed by atoms with Crippen LogP contribution in [0.2, 0.25) is 5.02 Å². The number of carbonyl (C=O) groups is 2. The van der Waals surface area contributed by atoms with E-state index in [4.69, 9.17) is 41.1 Å². The zero-order valence-corrected chi connectivity index (χ0v) is 29.4. The molecule has 12 nitrogen and oxygen atoms in total. The molecule has 2 aromatic heterocycles. The highest BCUT2D eigenvalue weighted by atomic mass is 35.5. The van der Waals surface area contributed by atoms with E-state index in [0.29, 0.717) is 46.8 Å². The van der Waals surface area contributed by atoms with Gasteiger partial charge in [-0.2, -0.15) is 36.3 Å². The highest BCUT2D eigenvalue weighted by Gasteiger charge is 2.49. The van der Waals surface area contributed by atoms with Crippen LogP contribution in [0.1, 0.15) is 32.1 Å². The van der Waals surface area contributed by atoms with Crippen molar-refractivity contribution < 1.29 is 60.4 Å². The number of nitrogens with zero attached hydrogens (tertiary/aromatic N) is 5. The van der Waals surface area contributed by atoms with Gasteiger partial charge in [-0.1, -0.05) is 41.9 Å². The molecule has 4 N–H and O–H groups in total. The number of aliphatic hydroxyl groups is 1. The van der Waals surface area contributed by atoms with Crippen molar-refractivity contribution in [2.45, 2.75) is 68.2 Å². The van der Waals surface area contributed by atoms with Crippen molar-refractivity contribution in [1.82, 2.24) is 25.2 Å². The van der Waals surface area contributed by atoms with Gasteiger partial charge >= 0.3 is 30.3 Å². The molecular formula is C35H34ClF7N6O6. The van der Waals surface area contributed by atoms with E-state index in [-0.39, 0.29) is 35.5 Å². The van der Waals surface area contributed by atoms with Crippen molar-refractivity contribution in [1.29, 1.82) is 0 Å². The van der Waals surface area contributed by atoms with Crippen molar-refractivity contribution in [3.05, 3.63) is 53.4 Å². The molecule has 0 aliphatic carbocycles. The highest BCUT2D eigenvalue weighted by Crippen LogP contribution is 2.41. The maximum atomic E-state index is 16.6. The van der Waals surface area contributed by atoms with E-state index in [1.807, 2.05) is 36.4 Å². The minimum atomic E-state index is -5.08. The Bertz CT molecular complexity index is 2050. The molecule has 0 saturated carbocycles. The fourth-order valence-corrected chi connectivity index (χ4v) is 7.97. The zero-order valence-electron chi connectivity index (χ0n) is 28.7. The molecule has 296 valence electrons. The number of aliphatic hydroxyl groups excluding tert-OH is 1. The second kappa shape index (κ2) is 15.5. The first-order chi connectivity index (χ1) is 25.9. The summed E-state index contributed by atoms with van der Waals surface area (Å²) >= 11 is 6.60. The van der Waals surface area contributed by atoms with Gasteiger partial charge in [0.05, 0.1) is 12.0 Å². The molecule has 4 fully saturated rings. The van der Waals surface area contributed by atoms with Crippen LogP contribution in [0.3, 0.4) is 0 Å². The van der Waals surface area contributed by atoms with E-state index < -0.39 is 30.1 Å². The van der Waals surface area contributed by atoms with Gasteiger partial charge < -0.3 is 30.3 Å². The largest absolute Gasteiger partial charge is 0.490 e. The number of piperazine rings is 1. The molecule has 0 spiro atoms. The summed E-state index contributed by atoms with van der Waals surface area (Å²) in [5, 5.41) is 30.9.